The predicted molar refractivity (Wildman–Crippen MR) is 60.3 cm³/mol. The number of hydrazone groups is 1. The summed E-state index contributed by atoms with van der Waals surface area (Å²) in [6, 6.07) is 0. The summed E-state index contributed by atoms with van der Waals surface area (Å²) in [4.78, 5) is 12.8. The average Bonchev–Trinajstić information content (AvgIpc) is 2.51. The first-order valence-corrected chi connectivity index (χ1v) is 5.72. The number of thioether (sulfide) groups is 2. The van der Waals surface area contributed by atoms with Crippen LogP contribution in [-0.2, 0) is 4.79 Å². The lowest BCUT2D eigenvalue weighted by molar-refractivity contribution is -0.137. The summed E-state index contributed by atoms with van der Waals surface area (Å²) in [7, 11) is 0. The minimum Gasteiger partial charge on any atom is -0.322 e. The lowest BCUT2D eigenvalue weighted by Crippen LogP contribution is -2.44. The van der Waals surface area contributed by atoms with Gasteiger partial charge in [0.1, 0.15) is 5.04 Å². The molecule has 0 aromatic carbocycles. The van der Waals surface area contributed by atoms with Crippen molar-refractivity contribution < 1.29 is 4.79 Å². The maximum absolute atomic E-state index is 11.1. The number of fused-ring (bicyclic) bond motifs is 1. The highest BCUT2D eigenvalue weighted by Gasteiger charge is 2.40. The number of rotatable bonds is 2. The maximum Gasteiger partial charge on any atom is 0.230 e. The number of nitrogens with zero attached hydrogens (tertiary/aromatic N) is 2. The van der Waals surface area contributed by atoms with Gasteiger partial charge in [-0.25, -0.2) is 0 Å². The Morgan fingerprint density at radius 2 is 2.71 bits per heavy atom. The lowest BCUT2D eigenvalue weighted by atomic mass is 10.2. The topological polar surface area (TPSA) is 58.7 Å². The van der Waals surface area contributed by atoms with E-state index in [1.165, 1.54) is 11.8 Å². The van der Waals surface area contributed by atoms with E-state index in [0.717, 1.165) is 4.24 Å². The largest absolute Gasteiger partial charge is 0.322 e. The molecule has 0 aliphatic carbocycles. The van der Waals surface area contributed by atoms with E-state index in [1.54, 1.807) is 22.7 Å². The van der Waals surface area contributed by atoms with Gasteiger partial charge in [-0.05, 0) is 6.08 Å². The monoisotopic (exact) mass is 227 g/mol. The van der Waals surface area contributed by atoms with Crippen LogP contribution in [0.25, 0.3) is 0 Å². The third kappa shape index (κ3) is 1.55. The molecular weight excluding hydrogens is 218 g/mol. The Bertz CT molecular complexity index is 350. The summed E-state index contributed by atoms with van der Waals surface area (Å²) in [6.45, 7) is 3.59. The van der Waals surface area contributed by atoms with Gasteiger partial charge in [-0.15, -0.1) is 0 Å². The van der Waals surface area contributed by atoms with Crippen LogP contribution in [-0.4, -0.2) is 21.2 Å². The van der Waals surface area contributed by atoms with Crippen molar-refractivity contribution in [2.45, 2.75) is 11.8 Å². The van der Waals surface area contributed by atoms with E-state index in [-0.39, 0.29) is 5.91 Å². The van der Waals surface area contributed by atoms with E-state index in [9.17, 15) is 4.79 Å². The normalized spacial score (nSPS) is 25.6. The molecule has 0 spiro atoms. The number of amides is 1. The summed E-state index contributed by atoms with van der Waals surface area (Å²) in [5.41, 5.74) is 0. The Morgan fingerprint density at radius 3 is 3.21 bits per heavy atom. The maximum atomic E-state index is 11.1. The van der Waals surface area contributed by atoms with Crippen LogP contribution >= 0.6 is 23.5 Å². The Kier molecular flexibility index (Phi) is 2.56. The van der Waals surface area contributed by atoms with Gasteiger partial charge in [0, 0.05) is 6.20 Å². The highest BCUT2D eigenvalue weighted by molar-refractivity contribution is 8.30. The van der Waals surface area contributed by atoms with E-state index in [4.69, 9.17) is 5.84 Å². The van der Waals surface area contributed by atoms with E-state index < -0.39 is 0 Å². The van der Waals surface area contributed by atoms with Crippen LogP contribution < -0.4 is 5.84 Å². The van der Waals surface area contributed by atoms with E-state index in [2.05, 4.69) is 11.7 Å². The molecule has 2 rings (SSSR count). The van der Waals surface area contributed by atoms with Gasteiger partial charge in [-0.2, -0.15) is 5.10 Å². The molecule has 2 N–H and O–H groups in total. The molecule has 1 fully saturated rings. The molecule has 2 heterocycles. The van der Waals surface area contributed by atoms with Crippen molar-refractivity contribution >= 4 is 34.5 Å². The molecular formula is C8H9N3OS2. The quantitative estimate of drug-likeness (QED) is 0.254. The fourth-order valence-electron chi connectivity index (χ4n) is 1.21. The van der Waals surface area contributed by atoms with Crippen molar-refractivity contribution in [1.82, 2.24) is 4.90 Å². The highest BCUT2D eigenvalue weighted by Crippen LogP contribution is 2.46. The molecule has 6 heteroatoms. The third-order valence-electron chi connectivity index (χ3n) is 1.95. The molecule has 0 radical (unpaired) electrons. The molecule has 0 saturated carbocycles. The molecule has 0 aromatic heterocycles. The van der Waals surface area contributed by atoms with Crippen molar-refractivity contribution in [1.29, 1.82) is 0 Å². The predicted octanol–water partition coefficient (Wildman–Crippen LogP) is 1.28. The molecule has 74 valence electrons. The molecule has 4 nitrogen and oxygen atoms in total. The van der Waals surface area contributed by atoms with Gasteiger partial charge in [-0.1, -0.05) is 30.1 Å². The molecule has 1 amide bonds. The molecule has 0 aromatic rings. The number of nitrogens with two attached hydrogens (primary N) is 1. The highest BCUT2D eigenvalue weighted by atomic mass is 32.2. The average molecular weight is 227 g/mol. The second-order valence-electron chi connectivity index (χ2n) is 2.80. The van der Waals surface area contributed by atoms with Crippen LogP contribution in [0.1, 0.15) is 6.42 Å². The first-order chi connectivity index (χ1) is 6.74. The van der Waals surface area contributed by atoms with Gasteiger partial charge in [0.05, 0.1) is 16.0 Å². The summed E-state index contributed by atoms with van der Waals surface area (Å²) in [5.74, 6) is 5.34. The summed E-state index contributed by atoms with van der Waals surface area (Å²) in [5, 5.41) is 4.53. The standard InChI is InChI=1S/C8H9N3OS2/c1-2-5(10-9)13-8-4-11-6(12)3-7(11)14-8/h2,4,7H,1,3,9H2/t7-/m0/s1. The van der Waals surface area contributed by atoms with E-state index in [0.29, 0.717) is 16.8 Å². The second-order valence-corrected chi connectivity index (χ2v) is 5.34. The van der Waals surface area contributed by atoms with Crippen LogP contribution in [0.3, 0.4) is 0 Å². The number of hydrogen-bond donors (Lipinski definition) is 1. The van der Waals surface area contributed by atoms with Crippen molar-refractivity contribution in [3.05, 3.63) is 23.1 Å². The zero-order chi connectivity index (χ0) is 10.1. The summed E-state index contributed by atoms with van der Waals surface area (Å²) in [6.07, 6.45) is 4.08. The molecule has 0 bridgehead atoms. The summed E-state index contributed by atoms with van der Waals surface area (Å²) >= 11 is 3.11. The van der Waals surface area contributed by atoms with Gasteiger partial charge in [0.2, 0.25) is 5.91 Å². The van der Waals surface area contributed by atoms with Crippen molar-refractivity contribution in [3.63, 3.8) is 0 Å². The smallest absolute Gasteiger partial charge is 0.230 e. The number of β-lactam (4-membered cyclic amide) rings is 1. The lowest BCUT2D eigenvalue weighted by Gasteiger charge is -2.31. The van der Waals surface area contributed by atoms with Crippen molar-refractivity contribution in [3.8, 4) is 0 Å². The molecule has 0 unspecified atom stereocenters. The van der Waals surface area contributed by atoms with Gasteiger partial charge in [-0.3, -0.25) is 4.79 Å². The first-order valence-electron chi connectivity index (χ1n) is 4.02. The Hall–Kier alpha value is -0.880. The van der Waals surface area contributed by atoms with Crippen molar-refractivity contribution in [2.24, 2.45) is 10.9 Å². The minimum atomic E-state index is 0.183. The molecule has 2 aliphatic rings. The summed E-state index contributed by atoms with van der Waals surface area (Å²) < 4.78 is 1.05. The Labute approximate surface area is 90.3 Å². The van der Waals surface area contributed by atoms with Crippen LogP contribution in [0.5, 0.6) is 0 Å². The van der Waals surface area contributed by atoms with Gasteiger partial charge in [0.15, 0.2) is 0 Å². The van der Waals surface area contributed by atoms with Crippen LogP contribution in [0, 0.1) is 0 Å². The van der Waals surface area contributed by atoms with E-state index in [1.807, 2.05) is 6.20 Å². The zero-order valence-corrected chi connectivity index (χ0v) is 8.98. The van der Waals surface area contributed by atoms with Crippen molar-refractivity contribution in [2.75, 3.05) is 0 Å². The Morgan fingerprint density at radius 1 is 1.93 bits per heavy atom. The van der Waals surface area contributed by atoms with Gasteiger partial charge in [0.25, 0.3) is 0 Å². The first kappa shape index (κ1) is 9.67. The number of hydrogen-bond acceptors (Lipinski definition) is 5. The van der Waals surface area contributed by atoms with Gasteiger partial charge < -0.3 is 10.7 Å². The Balaban J connectivity index is 2.01. The third-order valence-corrected chi connectivity index (χ3v) is 4.28. The number of carbonyl (C=O) groups excluding carboxylic acids is 1. The van der Waals surface area contributed by atoms with Crippen LogP contribution in [0.2, 0.25) is 0 Å². The fraction of sp³-hybridized carbons (Fsp3) is 0.250. The zero-order valence-electron chi connectivity index (χ0n) is 7.34. The SMILES string of the molecule is C=CC(=NN)SC1=CN2C(=O)C[C@@H]2S1. The molecule has 14 heavy (non-hydrogen) atoms. The van der Waals surface area contributed by atoms with Crippen LogP contribution in [0.4, 0.5) is 0 Å². The second kappa shape index (κ2) is 3.70. The van der Waals surface area contributed by atoms with Gasteiger partial charge >= 0.3 is 0 Å². The fourth-order valence-corrected chi connectivity index (χ4v) is 3.46. The minimum absolute atomic E-state index is 0.183. The molecule has 1 saturated heterocycles. The van der Waals surface area contributed by atoms with E-state index >= 15 is 0 Å². The van der Waals surface area contributed by atoms with Crippen LogP contribution in [0.15, 0.2) is 28.2 Å². The molecule has 2 aliphatic heterocycles. The molecule has 1 atom stereocenters. The number of carbonyl (C=O) groups is 1.